The number of amides is 1. The Kier molecular flexibility index (Phi) is 7.07. The number of carbonyl (C=O) groups excluding carboxylic acids is 1. The molecule has 0 heterocycles. The number of benzene rings is 2. The van der Waals surface area contributed by atoms with Crippen LogP contribution in [0.2, 0.25) is 0 Å². The van der Waals surface area contributed by atoms with E-state index in [1.54, 1.807) is 25.1 Å². The zero-order valence-electron chi connectivity index (χ0n) is 17.0. The van der Waals surface area contributed by atoms with Gasteiger partial charge in [-0.15, -0.1) is 0 Å². The zero-order chi connectivity index (χ0) is 20.9. The summed E-state index contributed by atoms with van der Waals surface area (Å²) in [6.07, 6.45) is 1.10. The fraction of sp³-hybridized carbons (Fsp3) is 0.381. The monoisotopic (exact) mass is 404 g/mol. The molecular formula is C21H28N2O4S. The lowest BCUT2D eigenvalue weighted by molar-refractivity contribution is -0.122. The molecule has 0 unspecified atom stereocenters. The maximum Gasteiger partial charge on any atom is 0.243 e. The molecule has 0 radical (unpaired) electrons. The van der Waals surface area contributed by atoms with E-state index in [1.807, 2.05) is 51.1 Å². The summed E-state index contributed by atoms with van der Waals surface area (Å²) in [4.78, 5) is 12.7. The average Bonchev–Trinajstić information content (AvgIpc) is 2.60. The molecule has 0 saturated heterocycles. The van der Waals surface area contributed by atoms with Gasteiger partial charge in [0, 0.05) is 0 Å². The van der Waals surface area contributed by atoms with E-state index in [1.165, 1.54) is 0 Å². The highest BCUT2D eigenvalue weighted by molar-refractivity contribution is 7.92. The quantitative estimate of drug-likeness (QED) is 0.734. The van der Waals surface area contributed by atoms with Crippen LogP contribution in [-0.2, 0) is 14.8 Å². The summed E-state index contributed by atoms with van der Waals surface area (Å²) in [6, 6.07) is 13.5. The van der Waals surface area contributed by atoms with Gasteiger partial charge < -0.3 is 10.1 Å². The smallest absolute Gasteiger partial charge is 0.243 e. The molecule has 1 N–H and O–H groups in total. The van der Waals surface area contributed by atoms with Gasteiger partial charge in [-0.1, -0.05) is 29.8 Å². The Hall–Kier alpha value is -2.54. The van der Waals surface area contributed by atoms with Crippen molar-refractivity contribution in [3.8, 4) is 5.75 Å². The molecule has 2 aromatic carbocycles. The minimum atomic E-state index is -3.63. The van der Waals surface area contributed by atoms with Crippen molar-refractivity contribution in [2.24, 2.45) is 0 Å². The molecule has 0 fully saturated rings. The van der Waals surface area contributed by atoms with Crippen LogP contribution >= 0.6 is 0 Å². The van der Waals surface area contributed by atoms with Gasteiger partial charge in [-0.05, 0) is 57.5 Å². The van der Waals surface area contributed by atoms with Crippen molar-refractivity contribution in [2.45, 2.75) is 39.8 Å². The molecule has 2 atom stereocenters. The maximum atomic E-state index is 12.7. The van der Waals surface area contributed by atoms with Gasteiger partial charge in [0.25, 0.3) is 0 Å². The molecule has 2 aromatic rings. The van der Waals surface area contributed by atoms with Crippen LogP contribution in [-0.4, -0.2) is 39.3 Å². The van der Waals surface area contributed by atoms with Crippen molar-refractivity contribution >= 4 is 21.6 Å². The van der Waals surface area contributed by atoms with Crippen LogP contribution in [0.25, 0.3) is 0 Å². The second-order valence-corrected chi connectivity index (χ2v) is 8.97. The Morgan fingerprint density at radius 1 is 1.07 bits per heavy atom. The number of ether oxygens (including phenoxy) is 1. The van der Waals surface area contributed by atoms with Gasteiger partial charge in [-0.3, -0.25) is 9.10 Å². The van der Waals surface area contributed by atoms with Gasteiger partial charge in [-0.25, -0.2) is 8.42 Å². The van der Waals surface area contributed by atoms with Crippen molar-refractivity contribution in [3.05, 3.63) is 59.7 Å². The third-order valence-corrected chi connectivity index (χ3v) is 5.50. The third kappa shape index (κ3) is 5.99. The van der Waals surface area contributed by atoms with Crippen molar-refractivity contribution < 1.29 is 17.9 Å². The first-order valence-corrected chi connectivity index (χ1v) is 11.0. The summed E-state index contributed by atoms with van der Waals surface area (Å²) in [5.74, 6) is 0.337. The van der Waals surface area contributed by atoms with Crippen molar-refractivity contribution in [1.82, 2.24) is 5.32 Å². The first-order valence-electron chi connectivity index (χ1n) is 9.14. The topological polar surface area (TPSA) is 75.7 Å². The summed E-state index contributed by atoms with van der Waals surface area (Å²) in [5, 5.41) is 2.83. The fourth-order valence-corrected chi connectivity index (χ4v) is 4.00. The molecule has 2 rings (SSSR count). The lowest BCUT2D eigenvalue weighted by Gasteiger charge is -2.29. The van der Waals surface area contributed by atoms with Gasteiger partial charge >= 0.3 is 0 Å². The van der Waals surface area contributed by atoms with Crippen LogP contribution < -0.4 is 14.4 Å². The Bertz CT molecular complexity index is 910. The summed E-state index contributed by atoms with van der Waals surface area (Å²) < 4.78 is 31.5. The first-order chi connectivity index (χ1) is 13.1. The lowest BCUT2D eigenvalue weighted by Crippen LogP contribution is -2.50. The number of rotatable bonds is 8. The van der Waals surface area contributed by atoms with Crippen LogP contribution in [0.1, 0.15) is 25.0 Å². The van der Waals surface area contributed by atoms with Crippen molar-refractivity contribution in [2.75, 3.05) is 17.2 Å². The van der Waals surface area contributed by atoms with Gasteiger partial charge in [0.05, 0.1) is 18.0 Å². The Labute approximate surface area is 167 Å². The lowest BCUT2D eigenvalue weighted by atomic mass is 10.2. The number of hydrogen-bond donors (Lipinski definition) is 1. The summed E-state index contributed by atoms with van der Waals surface area (Å²) >= 11 is 0. The number of aryl methyl sites for hydroxylation is 2. The van der Waals surface area contributed by atoms with E-state index < -0.39 is 16.1 Å². The molecule has 28 heavy (non-hydrogen) atoms. The number of carbonyl (C=O) groups is 1. The third-order valence-electron chi connectivity index (χ3n) is 4.25. The molecule has 0 aliphatic carbocycles. The maximum absolute atomic E-state index is 12.7. The van der Waals surface area contributed by atoms with E-state index in [0.717, 1.165) is 27.4 Å². The molecule has 0 aliphatic rings. The second kappa shape index (κ2) is 9.10. The summed E-state index contributed by atoms with van der Waals surface area (Å²) in [6.45, 7) is 7.54. The number of nitrogens with zero attached hydrogens (tertiary/aromatic N) is 1. The van der Waals surface area contributed by atoms with E-state index in [9.17, 15) is 13.2 Å². The van der Waals surface area contributed by atoms with Gasteiger partial charge in [0.1, 0.15) is 18.4 Å². The highest BCUT2D eigenvalue weighted by Crippen LogP contribution is 2.22. The summed E-state index contributed by atoms with van der Waals surface area (Å²) in [7, 11) is -3.63. The minimum absolute atomic E-state index is 0.282. The molecule has 0 aliphatic heterocycles. The van der Waals surface area contributed by atoms with E-state index in [-0.39, 0.29) is 18.6 Å². The van der Waals surface area contributed by atoms with Crippen LogP contribution in [0.3, 0.4) is 0 Å². The standard InChI is InChI=1S/C21H28N2O4S/c1-15-9-11-20(12-10-15)27-14-17(3)22-21(24)18(4)23(28(5,25)26)19-8-6-7-16(2)13-19/h6-13,17-18H,14H2,1-5H3,(H,22,24)/t17-,18-/m0/s1. The van der Waals surface area contributed by atoms with Crippen LogP contribution in [0.15, 0.2) is 48.5 Å². The van der Waals surface area contributed by atoms with Crippen molar-refractivity contribution in [3.63, 3.8) is 0 Å². The van der Waals surface area contributed by atoms with Gasteiger partial charge in [-0.2, -0.15) is 0 Å². The molecule has 0 aromatic heterocycles. The normalized spacial score (nSPS) is 13.5. The van der Waals surface area contributed by atoms with E-state index in [0.29, 0.717) is 5.69 Å². The molecule has 0 saturated carbocycles. The fourth-order valence-electron chi connectivity index (χ4n) is 2.83. The average molecular weight is 405 g/mol. The molecule has 7 heteroatoms. The summed E-state index contributed by atoms with van der Waals surface area (Å²) in [5.41, 5.74) is 2.52. The molecule has 6 nitrogen and oxygen atoms in total. The van der Waals surface area contributed by atoms with Crippen molar-refractivity contribution in [1.29, 1.82) is 0 Å². The zero-order valence-corrected chi connectivity index (χ0v) is 17.8. The van der Waals surface area contributed by atoms with Gasteiger partial charge in [0.15, 0.2) is 0 Å². The Morgan fingerprint density at radius 3 is 2.29 bits per heavy atom. The molecule has 1 amide bonds. The van der Waals surface area contributed by atoms with E-state index in [4.69, 9.17) is 4.74 Å². The Morgan fingerprint density at radius 2 is 1.71 bits per heavy atom. The SMILES string of the molecule is Cc1ccc(OC[C@H](C)NC(=O)[C@H](C)N(c2cccc(C)c2)S(C)(=O)=O)cc1. The van der Waals surface area contributed by atoms with Crippen LogP contribution in [0.4, 0.5) is 5.69 Å². The minimum Gasteiger partial charge on any atom is -0.491 e. The number of nitrogens with one attached hydrogen (secondary N) is 1. The predicted octanol–water partition coefficient (Wildman–Crippen LogP) is 3.04. The predicted molar refractivity (Wildman–Crippen MR) is 112 cm³/mol. The van der Waals surface area contributed by atoms with E-state index >= 15 is 0 Å². The largest absolute Gasteiger partial charge is 0.491 e. The van der Waals surface area contributed by atoms with E-state index in [2.05, 4.69) is 5.32 Å². The number of hydrogen-bond acceptors (Lipinski definition) is 4. The highest BCUT2D eigenvalue weighted by Gasteiger charge is 2.29. The molecule has 152 valence electrons. The Balaban J connectivity index is 2.04. The molecule has 0 spiro atoms. The molecular weight excluding hydrogens is 376 g/mol. The highest BCUT2D eigenvalue weighted by atomic mass is 32.2. The molecule has 0 bridgehead atoms. The number of anilines is 1. The van der Waals surface area contributed by atoms with Gasteiger partial charge in [0.2, 0.25) is 15.9 Å². The number of sulfonamides is 1. The first kappa shape index (κ1) is 21.8. The van der Waals surface area contributed by atoms with Crippen LogP contribution in [0, 0.1) is 13.8 Å². The van der Waals surface area contributed by atoms with Crippen LogP contribution in [0.5, 0.6) is 5.75 Å². The second-order valence-electron chi connectivity index (χ2n) is 7.11.